The van der Waals surface area contributed by atoms with Crippen molar-refractivity contribution in [1.29, 1.82) is 0 Å². The molecule has 0 bridgehead atoms. The fourth-order valence-corrected chi connectivity index (χ4v) is 3.32. The van der Waals surface area contributed by atoms with E-state index in [1.165, 1.54) is 16.8 Å². The van der Waals surface area contributed by atoms with Gasteiger partial charge in [-0.25, -0.2) is 0 Å². The molecule has 1 aliphatic rings. The van der Waals surface area contributed by atoms with Gasteiger partial charge in [-0.2, -0.15) is 0 Å². The van der Waals surface area contributed by atoms with Crippen LogP contribution < -0.4 is 25.0 Å². The number of hydrogen-bond acceptors (Lipinski definition) is 6. The van der Waals surface area contributed by atoms with Gasteiger partial charge in [0, 0.05) is 28.5 Å². The van der Waals surface area contributed by atoms with Crippen LogP contribution in [0.2, 0.25) is 5.02 Å². The van der Waals surface area contributed by atoms with Gasteiger partial charge >= 0.3 is 0 Å². The zero-order valence-corrected chi connectivity index (χ0v) is 17.1. The van der Waals surface area contributed by atoms with Gasteiger partial charge in [0.25, 0.3) is 0 Å². The van der Waals surface area contributed by atoms with Gasteiger partial charge in [-0.1, -0.05) is 23.7 Å². The third-order valence-corrected chi connectivity index (χ3v) is 4.83. The van der Waals surface area contributed by atoms with Crippen LogP contribution in [0, 0.1) is 0 Å². The Morgan fingerprint density at radius 3 is 2.81 bits per heavy atom. The number of carbonyl (C=O) groups excluding carboxylic acids is 1. The van der Waals surface area contributed by atoms with Gasteiger partial charge in [-0.15, -0.1) is 0 Å². The molecule has 0 radical (unpaired) electrons. The van der Waals surface area contributed by atoms with Gasteiger partial charge in [0.05, 0.1) is 12.8 Å². The molecule has 0 atom stereocenters. The number of ether oxygens (including phenoxy) is 3. The SMILES string of the molecule is O=C(Cn1cc(OCc2cccc(Cl)c2)c(=O)cc1CO)Nc1ccc2c(c1)OCO2. The summed E-state index contributed by atoms with van der Waals surface area (Å²) in [5.41, 5.74) is 1.24. The first kappa shape index (κ1) is 20.8. The van der Waals surface area contributed by atoms with Crippen LogP contribution in [-0.4, -0.2) is 22.4 Å². The number of fused-ring (bicyclic) bond motifs is 1. The topological polar surface area (TPSA) is 99.0 Å². The Hall–Kier alpha value is -3.49. The van der Waals surface area contributed by atoms with E-state index in [1.807, 2.05) is 6.07 Å². The summed E-state index contributed by atoms with van der Waals surface area (Å²) in [5.74, 6) is 0.877. The number of amides is 1. The van der Waals surface area contributed by atoms with Crippen LogP contribution in [-0.2, 0) is 24.6 Å². The molecule has 160 valence electrons. The molecule has 0 saturated heterocycles. The first-order chi connectivity index (χ1) is 15.0. The average molecular weight is 443 g/mol. The van der Waals surface area contributed by atoms with E-state index < -0.39 is 12.0 Å². The van der Waals surface area contributed by atoms with Crippen molar-refractivity contribution in [3.05, 3.63) is 81.2 Å². The Labute approximate surface area is 182 Å². The zero-order valence-electron chi connectivity index (χ0n) is 16.3. The zero-order chi connectivity index (χ0) is 21.8. The minimum absolute atomic E-state index is 0.0630. The molecule has 31 heavy (non-hydrogen) atoms. The lowest BCUT2D eigenvalue weighted by Crippen LogP contribution is -2.23. The molecule has 0 spiro atoms. The molecule has 1 aliphatic heterocycles. The largest absolute Gasteiger partial charge is 0.483 e. The highest BCUT2D eigenvalue weighted by Gasteiger charge is 2.15. The normalized spacial score (nSPS) is 11.9. The minimum atomic E-state index is -0.402. The first-order valence-electron chi connectivity index (χ1n) is 9.43. The highest BCUT2D eigenvalue weighted by atomic mass is 35.5. The minimum Gasteiger partial charge on any atom is -0.483 e. The number of nitrogens with zero attached hydrogens (tertiary/aromatic N) is 1. The van der Waals surface area contributed by atoms with E-state index in [-0.39, 0.29) is 31.6 Å². The molecule has 0 aliphatic carbocycles. The molecule has 2 N–H and O–H groups in total. The number of anilines is 1. The van der Waals surface area contributed by atoms with Crippen molar-refractivity contribution in [2.45, 2.75) is 19.8 Å². The summed E-state index contributed by atoms with van der Waals surface area (Å²) in [7, 11) is 0. The number of benzene rings is 2. The predicted molar refractivity (Wildman–Crippen MR) is 114 cm³/mol. The van der Waals surface area contributed by atoms with Crippen molar-refractivity contribution in [2.24, 2.45) is 0 Å². The molecule has 2 aromatic carbocycles. The maximum Gasteiger partial charge on any atom is 0.244 e. The monoisotopic (exact) mass is 442 g/mol. The predicted octanol–water partition coefficient (Wildman–Crippen LogP) is 2.94. The van der Waals surface area contributed by atoms with Crippen molar-refractivity contribution >= 4 is 23.2 Å². The lowest BCUT2D eigenvalue weighted by atomic mass is 10.2. The second-order valence-corrected chi connectivity index (χ2v) is 7.25. The maximum atomic E-state index is 12.5. The van der Waals surface area contributed by atoms with E-state index in [2.05, 4.69) is 5.32 Å². The van der Waals surface area contributed by atoms with E-state index in [0.717, 1.165) is 5.56 Å². The maximum absolute atomic E-state index is 12.5. The van der Waals surface area contributed by atoms with Gasteiger partial charge in [0.2, 0.25) is 18.1 Å². The number of aliphatic hydroxyl groups excluding tert-OH is 1. The third kappa shape index (κ3) is 4.99. The number of carbonyl (C=O) groups is 1. The number of rotatable bonds is 7. The van der Waals surface area contributed by atoms with Crippen molar-refractivity contribution < 1.29 is 24.1 Å². The molecule has 1 aromatic heterocycles. The number of nitrogens with one attached hydrogen (secondary N) is 1. The third-order valence-electron chi connectivity index (χ3n) is 4.60. The lowest BCUT2D eigenvalue weighted by Gasteiger charge is -2.14. The second kappa shape index (κ2) is 9.11. The number of aliphatic hydroxyl groups is 1. The summed E-state index contributed by atoms with van der Waals surface area (Å²) >= 11 is 5.97. The highest BCUT2D eigenvalue weighted by Crippen LogP contribution is 2.34. The molecule has 9 heteroatoms. The quantitative estimate of drug-likeness (QED) is 0.583. The molecule has 1 amide bonds. The summed E-state index contributed by atoms with van der Waals surface area (Å²) in [6.07, 6.45) is 1.41. The first-order valence-corrected chi connectivity index (χ1v) is 9.80. The molecule has 0 fully saturated rings. The fraction of sp³-hybridized carbons (Fsp3) is 0.182. The van der Waals surface area contributed by atoms with Gasteiger partial charge in [0.15, 0.2) is 17.2 Å². The smallest absolute Gasteiger partial charge is 0.244 e. The van der Waals surface area contributed by atoms with Crippen LogP contribution in [0.15, 0.2) is 59.5 Å². The summed E-state index contributed by atoms with van der Waals surface area (Å²) in [4.78, 5) is 24.9. The number of aromatic nitrogens is 1. The molecule has 3 aromatic rings. The van der Waals surface area contributed by atoms with E-state index in [1.54, 1.807) is 36.4 Å². The van der Waals surface area contributed by atoms with Gasteiger partial charge in [0.1, 0.15) is 13.2 Å². The van der Waals surface area contributed by atoms with Crippen LogP contribution >= 0.6 is 11.6 Å². The number of halogens is 1. The van der Waals surface area contributed by atoms with E-state index >= 15 is 0 Å². The standard InChI is InChI=1S/C22H19ClN2O6/c23-15-3-1-2-14(6-15)12-29-21-9-25(17(11-26)8-18(21)27)10-22(28)24-16-4-5-19-20(7-16)31-13-30-19/h1-9,26H,10-13H2,(H,24,28). The summed E-state index contributed by atoms with van der Waals surface area (Å²) in [5, 5.41) is 12.9. The van der Waals surface area contributed by atoms with Crippen LogP contribution in [0.25, 0.3) is 0 Å². The van der Waals surface area contributed by atoms with Gasteiger partial charge in [-0.3, -0.25) is 9.59 Å². The Kier molecular flexibility index (Phi) is 6.11. The average Bonchev–Trinajstić information content (AvgIpc) is 3.21. The lowest BCUT2D eigenvalue weighted by molar-refractivity contribution is -0.116. The Balaban J connectivity index is 1.48. The fourth-order valence-electron chi connectivity index (χ4n) is 3.10. The van der Waals surface area contributed by atoms with Gasteiger partial charge in [-0.05, 0) is 29.8 Å². The van der Waals surface area contributed by atoms with Crippen molar-refractivity contribution in [3.8, 4) is 17.2 Å². The molecule has 0 unspecified atom stereocenters. The Morgan fingerprint density at radius 1 is 1.16 bits per heavy atom. The Morgan fingerprint density at radius 2 is 2.00 bits per heavy atom. The molecular formula is C22H19ClN2O6. The van der Waals surface area contributed by atoms with Gasteiger partial charge < -0.3 is 29.2 Å². The number of hydrogen-bond donors (Lipinski definition) is 2. The molecule has 2 heterocycles. The van der Waals surface area contributed by atoms with E-state index in [9.17, 15) is 14.7 Å². The van der Waals surface area contributed by atoms with Crippen LogP contribution in [0.1, 0.15) is 11.3 Å². The van der Waals surface area contributed by atoms with Crippen LogP contribution in [0.4, 0.5) is 5.69 Å². The Bertz CT molecular complexity index is 1180. The van der Waals surface area contributed by atoms with Crippen molar-refractivity contribution in [2.75, 3.05) is 12.1 Å². The summed E-state index contributed by atoms with van der Waals surface area (Å²) < 4.78 is 17.7. The van der Waals surface area contributed by atoms with Crippen molar-refractivity contribution in [3.63, 3.8) is 0 Å². The molecule has 8 nitrogen and oxygen atoms in total. The van der Waals surface area contributed by atoms with Crippen molar-refractivity contribution in [1.82, 2.24) is 4.57 Å². The molecule has 4 rings (SSSR count). The molecule has 0 saturated carbocycles. The second-order valence-electron chi connectivity index (χ2n) is 6.81. The highest BCUT2D eigenvalue weighted by molar-refractivity contribution is 6.30. The van der Waals surface area contributed by atoms with Crippen LogP contribution in [0.5, 0.6) is 17.2 Å². The van der Waals surface area contributed by atoms with Crippen LogP contribution in [0.3, 0.4) is 0 Å². The van der Waals surface area contributed by atoms with E-state index in [4.69, 9.17) is 25.8 Å². The van der Waals surface area contributed by atoms with E-state index in [0.29, 0.717) is 27.9 Å². The summed E-state index contributed by atoms with van der Waals surface area (Å²) in [6.45, 7) is -0.251. The number of pyridine rings is 1. The molecular weight excluding hydrogens is 424 g/mol. The summed E-state index contributed by atoms with van der Waals surface area (Å²) in [6, 6.07) is 13.4.